The summed E-state index contributed by atoms with van der Waals surface area (Å²) in [6.07, 6.45) is 8.93. The summed E-state index contributed by atoms with van der Waals surface area (Å²) in [5, 5.41) is 9.44. The molecule has 32 heavy (non-hydrogen) atoms. The number of carbonyl (C=O) groups is 1. The van der Waals surface area contributed by atoms with Crippen molar-refractivity contribution in [2.45, 2.75) is 58.4 Å². The lowest BCUT2D eigenvalue weighted by Gasteiger charge is -2.32. The lowest BCUT2D eigenvalue weighted by Crippen LogP contribution is -2.36. The zero-order valence-electron chi connectivity index (χ0n) is 18.5. The van der Waals surface area contributed by atoms with E-state index in [4.69, 9.17) is 4.84 Å². The largest absolute Gasteiger partial charge is 0.284 e. The average Bonchev–Trinajstić information content (AvgIpc) is 3.42. The van der Waals surface area contributed by atoms with Crippen molar-refractivity contribution in [3.05, 3.63) is 59.1 Å². The highest BCUT2D eigenvalue weighted by Crippen LogP contribution is 2.37. The second kappa shape index (κ2) is 8.58. The van der Waals surface area contributed by atoms with Crippen LogP contribution < -0.4 is 0 Å². The summed E-state index contributed by atoms with van der Waals surface area (Å²) in [5.41, 5.74) is 3.20. The van der Waals surface area contributed by atoms with Crippen molar-refractivity contribution in [2.24, 2.45) is 11.8 Å². The molecule has 1 saturated carbocycles. The number of rotatable bonds is 4. The van der Waals surface area contributed by atoms with Crippen LogP contribution in [0.25, 0.3) is 5.65 Å². The highest BCUT2D eigenvalue weighted by atomic mass is 19.1. The Balaban J connectivity index is 1.21. The molecule has 1 atom stereocenters. The zero-order valence-corrected chi connectivity index (χ0v) is 18.5. The molecule has 1 amide bonds. The molecule has 1 saturated heterocycles. The van der Waals surface area contributed by atoms with Crippen molar-refractivity contribution in [1.82, 2.24) is 24.6 Å². The number of fused-ring (bicyclic) bond motifs is 1. The van der Waals surface area contributed by atoms with Crippen LogP contribution in [0.5, 0.6) is 0 Å². The fourth-order valence-corrected chi connectivity index (χ4v) is 5.02. The first-order chi connectivity index (χ1) is 15.5. The quantitative estimate of drug-likeness (QED) is 0.614. The standard InChI is InChI=1S/C24H28FN5O2/c1-15-3-6-20(13-26-15)22-9-10-32-30(22)24(31)19-7-4-17(5-8-19)11-18-12-21(25)23-28-27-16(2)29(23)14-18/h3,6,12-14,17,19,22H,4-5,7-11H2,1-2H3/t17?,19?,22-/m0/s1. The Hall–Kier alpha value is -2.87. The molecule has 0 aromatic carbocycles. The van der Waals surface area contributed by atoms with Gasteiger partial charge in [0.25, 0.3) is 0 Å². The summed E-state index contributed by atoms with van der Waals surface area (Å²) in [5.74, 6) is 0.835. The molecule has 2 aliphatic rings. The van der Waals surface area contributed by atoms with Crippen molar-refractivity contribution in [3.8, 4) is 0 Å². The first kappa shape index (κ1) is 21.0. The molecular weight excluding hydrogens is 409 g/mol. The molecule has 0 N–H and O–H groups in total. The van der Waals surface area contributed by atoms with Gasteiger partial charge in [-0.25, -0.2) is 9.45 Å². The van der Waals surface area contributed by atoms with Gasteiger partial charge < -0.3 is 0 Å². The van der Waals surface area contributed by atoms with Gasteiger partial charge in [-0.15, -0.1) is 10.2 Å². The van der Waals surface area contributed by atoms with Gasteiger partial charge in [-0.05, 0) is 75.1 Å². The van der Waals surface area contributed by atoms with Crippen LogP contribution in [0.3, 0.4) is 0 Å². The number of amides is 1. The third-order valence-corrected chi connectivity index (χ3v) is 6.85. The van der Waals surface area contributed by atoms with E-state index in [0.717, 1.165) is 55.3 Å². The number of carbonyl (C=O) groups excluding carboxylic acids is 1. The molecule has 0 radical (unpaired) electrons. The first-order valence-electron chi connectivity index (χ1n) is 11.4. The predicted octanol–water partition coefficient (Wildman–Crippen LogP) is 4.13. The highest BCUT2D eigenvalue weighted by molar-refractivity contribution is 5.78. The van der Waals surface area contributed by atoms with E-state index in [-0.39, 0.29) is 29.3 Å². The third kappa shape index (κ3) is 3.99. The average molecular weight is 438 g/mol. The number of hydrogen-bond donors (Lipinski definition) is 0. The van der Waals surface area contributed by atoms with Crippen LogP contribution in [-0.4, -0.2) is 37.2 Å². The summed E-state index contributed by atoms with van der Waals surface area (Å²) in [6, 6.07) is 5.52. The maximum absolute atomic E-state index is 14.4. The Morgan fingerprint density at radius 3 is 2.72 bits per heavy atom. The SMILES string of the molecule is Cc1ccc([C@@H]2CCON2C(=O)C2CCC(Cc3cc(F)c4nnc(C)n4c3)CC2)cn1. The number of nitrogens with zero attached hydrogens (tertiary/aromatic N) is 5. The van der Waals surface area contributed by atoms with E-state index in [0.29, 0.717) is 18.3 Å². The zero-order chi connectivity index (χ0) is 22.2. The van der Waals surface area contributed by atoms with E-state index in [1.165, 1.54) is 0 Å². The summed E-state index contributed by atoms with van der Waals surface area (Å²) in [7, 11) is 0. The lowest BCUT2D eigenvalue weighted by atomic mass is 9.79. The van der Waals surface area contributed by atoms with Gasteiger partial charge in [0.15, 0.2) is 11.5 Å². The van der Waals surface area contributed by atoms with Crippen LogP contribution in [0.4, 0.5) is 4.39 Å². The number of aromatic nitrogens is 4. The van der Waals surface area contributed by atoms with Gasteiger partial charge in [-0.1, -0.05) is 6.07 Å². The molecule has 4 heterocycles. The molecule has 0 bridgehead atoms. The minimum Gasteiger partial charge on any atom is -0.284 e. The number of aryl methyl sites for hydroxylation is 2. The fourth-order valence-electron chi connectivity index (χ4n) is 5.02. The molecule has 3 aromatic heterocycles. The van der Waals surface area contributed by atoms with Crippen LogP contribution >= 0.6 is 0 Å². The predicted molar refractivity (Wildman–Crippen MR) is 116 cm³/mol. The summed E-state index contributed by atoms with van der Waals surface area (Å²) >= 11 is 0. The molecule has 0 unspecified atom stereocenters. The maximum atomic E-state index is 14.4. The Bertz CT molecular complexity index is 1120. The van der Waals surface area contributed by atoms with E-state index < -0.39 is 0 Å². The van der Waals surface area contributed by atoms with Gasteiger partial charge in [0.1, 0.15) is 5.82 Å². The van der Waals surface area contributed by atoms with Gasteiger partial charge in [0.05, 0.1) is 12.6 Å². The van der Waals surface area contributed by atoms with Gasteiger partial charge in [-0.3, -0.25) is 19.0 Å². The first-order valence-corrected chi connectivity index (χ1v) is 11.4. The van der Waals surface area contributed by atoms with Gasteiger partial charge in [-0.2, -0.15) is 0 Å². The molecule has 0 spiro atoms. The van der Waals surface area contributed by atoms with E-state index in [1.54, 1.807) is 15.5 Å². The molecule has 3 aromatic rings. The van der Waals surface area contributed by atoms with E-state index in [1.807, 2.05) is 38.4 Å². The van der Waals surface area contributed by atoms with Gasteiger partial charge in [0, 0.05) is 30.4 Å². The van der Waals surface area contributed by atoms with Crippen molar-refractivity contribution in [1.29, 1.82) is 0 Å². The topological polar surface area (TPSA) is 72.6 Å². The van der Waals surface area contributed by atoms with Crippen molar-refractivity contribution in [3.63, 3.8) is 0 Å². The molecule has 1 aliphatic heterocycles. The van der Waals surface area contributed by atoms with Crippen LogP contribution in [0.15, 0.2) is 30.6 Å². The van der Waals surface area contributed by atoms with E-state index >= 15 is 0 Å². The highest BCUT2D eigenvalue weighted by Gasteiger charge is 2.37. The maximum Gasteiger partial charge on any atom is 0.249 e. The lowest BCUT2D eigenvalue weighted by molar-refractivity contribution is -0.183. The van der Waals surface area contributed by atoms with Gasteiger partial charge >= 0.3 is 0 Å². The van der Waals surface area contributed by atoms with Crippen molar-refractivity contribution < 1.29 is 14.0 Å². The Kier molecular flexibility index (Phi) is 5.63. The molecule has 2 fully saturated rings. The Labute approximate surface area is 186 Å². The summed E-state index contributed by atoms with van der Waals surface area (Å²) < 4.78 is 16.1. The van der Waals surface area contributed by atoms with Crippen molar-refractivity contribution in [2.75, 3.05) is 6.61 Å². The fraction of sp³-hybridized carbons (Fsp3) is 0.500. The Morgan fingerprint density at radius 1 is 1.16 bits per heavy atom. The smallest absolute Gasteiger partial charge is 0.249 e. The molecule has 7 nitrogen and oxygen atoms in total. The third-order valence-electron chi connectivity index (χ3n) is 6.85. The second-order valence-electron chi connectivity index (χ2n) is 9.09. The summed E-state index contributed by atoms with van der Waals surface area (Å²) in [4.78, 5) is 23.4. The van der Waals surface area contributed by atoms with Crippen LogP contribution in [0.1, 0.15) is 60.8 Å². The van der Waals surface area contributed by atoms with Crippen molar-refractivity contribution >= 4 is 11.6 Å². The number of hydrogen-bond acceptors (Lipinski definition) is 5. The van der Waals surface area contributed by atoms with E-state index in [9.17, 15) is 9.18 Å². The molecule has 5 rings (SSSR count). The van der Waals surface area contributed by atoms with Crippen LogP contribution in [0.2, 0.25) is 0 Å². The number of hydroxylamine groups is 2. The monoisotopic (exact) mass is 437 g/mol. The molecule has 1 aliphatic carbocycles. The van der Waals surface area contributed by atoms with Crippen LogP contribution in [-0.2, 0) is 16.1 Å². The number of pyridine rings is 2. The number of halogens is 1. The normalized spacial score (nSPS) is 23.7. The molecular formula is C24H28FN5O2. The van der Waals surface area contributed by atoms with Crippen LogP contribution in [0, 0.1) is 31.5 Å². The molecule has 168 valence electrons. The second-order valence-corrected chi connectivity index (χ2v) is 9.09. The Morgan fingerprint density at radius 2 is 1.97 bits per heavy atom. The molecule has 8 heteroatoms. The minimum atomic E-state index is -0.338. The minimum absolute atomic E-state index is 0.0235. The van der Waals surface area contributed by atoms with E-state index in [2.05, 4.69) is 15.2 Å². The summed E-state index contributed by atoms with van der Waals surface area (Å²) in [6.45, 7) is 4.33. The van der Waals surface area contributed by atoms with Gasteiger partial charge in [0.2, 0.25) is 5.91 Å².